The Balaban J connectivity index is 0. The second-order valence-electron chi connectivity index (χ2n) is 14.9. The summed E-state index contributed by atoms with van der Waals surface area (Å²) in [6.45, 7) is 4.40. The van der Waals surface area contributed by atoms with Crippen molar-refractivity contribution in [1.82, 2.24) is 6.15 Å². The first-order chi connectivity index (χ1) is 22.9. The highest BCUT2D eigenvalue weighted by Gasteiger charge is 2.19. The zero-order valence-corrected chi connectivity index (χ0v) is 33.6. The topological polar surface area (TPSA) is 123 Å². The fourth-order valence-electron chi connectivity index (χ4n) is 7.23. The molecule has 292 valence electrons. The molecule has 0 radical (unpaired) electrons. The van der Waals surface area contributed by atoms with Crippen LogP contribution >= 0.6 is 0 Å². The van der Waals surface area contributed by atoms with Crippen molar-refractivity contribution in [1.29, 1.82) is 0 Å². The summed E-state index contributed by atoms with van der Waals surface area (Å²) in [5, 5.41) is 9.42. The van der Waals surface area contributed by atoms with Gasteiger partial charge in [-0.05, 0) is 18.8 Å². The van der Waals surface area contributed by atoms with Gasteiger partial charge in [-0.25, -0.2) is 8.42 Å². The zero-order valence-electron chi connectivity index (χ0n) is 32.8. The van der Waals surface area contributed by atoms with Crippen LogP contribution in [0.3, 0.4) is 0 Å². The average molecular weight is 706 g/mol. The molecule has 0 aromatic heterocycles. The number of aliphatic hydroxyl groups is 1. The maximum Gasteiger partial charge on any atom is 0.217 e. The lowest BCUT2D eigenvalue weighted by Crippen LogP contribution is -2.23. The fraction of sp³-hybridized carbons (Fsp3) is 1.00. The molecule has 0 amide bonds. The molecule has 1 atom stereocenters. The van der Waals surface area contributed by atoms with Crippen LogP contribution in [0.5, 0.6) is 0 Å². The van der Waals surface area contributed by atoms with Gasteiger partial charge < -0.3 is 15.8 Å². The van der Waals surface area contributed by atoms with Gasteiger partial charge in [-0.1, -0.05) is 232 Å². The van der Waals surface area contributed by atoms with E-state index in [1.165, 1.54) is 193 Å². The Bertz CT molecular complexity index is 669. The summed E-state index contributed by atoms with van der Waals surface area (Å²) in [4.78, 5) is 0. The molecule has 0 bridgehead atoms. The van der Waals surface area contributed by atoms with E-state index in [9.17, 15) is 18.1 Å². The van der Waals surface area contributed by atoms with Crippen LogP contribution in [0.15, 0.2) is 0 Å². The molecule has 7 heteroatoms. The summed E-state index contributed by atoms with van der Waals surface area (Å²) in [7, 11) is -4.76. The van der Waals surface area contributed by atoms with Crippen LogP contribution in [0.4, 0.5) is 0 Å². The second kappa shape index (κ2) is 39.6. The zero-order chi connectivity index (χ0) is 34.5. The van der Waals surface area contributed by atoms with E-state index in [1.54, 1.807) is 0 Å². The van der Waals surface area contributed by atoms with Crippen LogP contribution < -0.4 is 6.15 Å². The van der Waals surface area contributed by atoms with Crippen LogP contribution in [0.1, 0.15) is 245 Å². The van der Waals surface area contributed by atoms with E-state index < -0.39 is 16.5 Å². The molecule has 0 aromatic rings. The van der Waals surface area contributed by atoms with Gasteiger partial charge in [0.25, 0.3) is 0 Å². The largest absolute Gasteiger partial charge is 0.726 e. The first kappa shape index (κ1) is 49.9. The molecule has 0 aliphatic carbocycles. The van der Waals surface area contributed by atoms with Gasteiger partial charge in [0.15, 0.2) is 0 Å². The molecule has 0 spiro atoms. The lowest BCUT2D eigenvalue weighted by atomic mass is 9.89. The predicted octanol–water partition coefficient (Wildman–Crippen LogP) is 13.9. The van der Waals surface area contributed by atoms with Crippen LogP contribution in [0.25, 0.3) is 0 Å². The lowest BCUT2D eigenvalue weighted by Gasteiger charge is -2.24. The Morgan fingerprint density at radius 3 is 0.938 bits per heavy atom. The molecular weight excluding hydrogens is 619 g/mol. The standard InChI is InChI=1S/C41H84O5S.H3N/c1-3-5-7-9-11-13-15-17-19-21-23-25-27-29-31-33-35-40(39-41(37-38-42)46-47(43,44)45)36-34-32-30-28-26-24-22-20-18-16-14-12-10-8-6-4-2;/h40-42H,3-39H2,1-2H3,(H,43,44,45);1H3. The van der Waals surface area contributed by atoms with Gasteiger partial charge >= 0.3 is 0 Å². The molecule has 0 aromatic carbocycles. The second-order valence-corrected chi connectivity index (χ2v) is 15.9. The molecule has 0 rings (SSSR count). The Labute approximate surface area is 301 Å². The molecule has 0 saturated carbocycles. The molecule has 0 saturated heterocycles. The van der Waals surface area contributed by atoms with Gasteiger partial charge in [-0.3, -0.25) is 4.18 Å². The van der Waals surface area contributed by atoms with Gasteiger partial charge in [0.1, 0.15) is 0 Å². The highest BCUT2D eigenvalue weighted by molar-refractivity contribution is 7.80. The van der Waals surface area contributed by atoms with Crippen molar-refractivity contribution in [3.63, 3.8) is 0 Å². The summed E-state index contributed by atoms with van der Waals surface area (Å²) in [6, 6.07) is 0. The van der Waals surface area contributed by atoms with E-state index in [4.69, 9.17) is 4.18 Å². The van der Waals surface area contributed by atoms with E-state index in [1.807, 2.05) is 0 Å². The van der Waals surface area contributed by atoms with Crippen molar-refractivity contribution >= 4 is 10.4 Å². The average Bonchev–Trinajstić information content (AvgIpc) is 3.03. The number of aliphatic hydroxyl groups excluding tert-OH is 1. The Hall–Kier alpha value is -0.210. The number of hydrogen-bond acceptors (Lipinski definition) is 5. The first-order valence-electron chi connectivity index (χ1n) is 21.2. The molecular formula is C41H87NO5S. The van der Waals surface area contributed by atoms with Gasteiger partial charge in [-0.15, -0.1) is 0 Å². The number of unbranched alkanes of at least 4 members (excludes halogenated alkanes) is 30. The highest BCUT2D eigenvalue weighted by Crippen LogP contribution is 2.26. The third-order valence-corrected chi connectivity index (χ3v) is 10.7. The maximum atomic E-state index is 11.3. The van der Waals surface area contributed by atoms with E-state index >= 15 is 0 Å². The van der Waals surface area contributed by atoms with Gasteiger partial charge in [0.2, 0.25) is 10.4 Å². The lowest BCUT2D eigenvalue weighted by molar-refractivity contribution is 0.114. The van der Waals surface area contributed by atoms with E-state index in [0.717, 1.165) is 25.7 Å². The van der Waals surface area contributed by atoms with Crippen molar-refractivity contribution in [2.24, 2.45) is 5.92 Å². The SMILES string of the molecule is CCCCCCCCCCCCCCCCCCC(CCCCCCCCCCCCCCCCCC)CC(CCO)OS(=O)(=O)[O-].[NH4+]. The summed E-state index contributed by atoms with van der Waals surface area (Å²) in [6.07, 6.45) is 45.5. The Kier molecular flexibility index (Phi) is 41.1. The third-order valence-electron chi connectivity index (χ3n) is 10.2. The number of rotatable bonds is 40. The summed E-state index contributed by atoms with van der Waals surface area (Å²) in [5.74, 6) is 0.353. The molecule has 48 heavy (non-hydrogen) atoms. The van der Waals surface area contributed by atoms with Gasteiger partial charge in [0.05, 0.1) is 6.10 Å². The van der Waals surface area contributed by atoms with Crippen molar-refractivity contribution in [3.8, 4) is 0 Å². The Morgan fingerprint density at radius 2 is 0.708 bits per heavy atom. The number of hydrogen-bond donors (Lipinski definition) is 2. The van der Waals surface area contributed by atoms with E-state index in [0.29, 0.717) is 12.3 Å². The normalized spacial score (nSPS) is 12.5. The minimum Gasteiger partial charge on any atom is -0.726 e. The van der Waals surface area contributed by atoms with Crippen molar-refractivity contribution < 1.29 is 22.3 Å². The smallest absolute Gasteiger partial charge is 0.217 e. The van der Waals surface area contributed by atoms with E-state index in [-0.39, 0.29) is 19.2 Å². The minimum atomic E-state index is -4.76. The molecule has 1 unspecified atom stereocenters. The first-order valence-corrected chi connectivity index (χ1v) is 22.5. The van der Waals surface area contributed by atoms with Crippen LogP contribution in [0.2, 0.25) is 0 Å². The summed E-state index contributed by atoms with van der Waals surface area (Å²) < 4.78 is 38.6. The highest BCUT2D eigenvalue weighted by atomic mass is 32.3. The molecule has 0 fully saturated rings. The van der Waals surface area contributed by atoms with Crippen LogP contribution in [-0.4, -0.2) is 30.8 Å². The van der Waals surface area contributed by atoms with Crippen molar-refractivity contribution in [3.05, 3.63) is 0 Å². The van der Waals surface area contributed by atoms with Crippen molar-refractivity contribution in [2.75, 3.05) is 6.61 Å². The molecule has 5 N–H and O–H groups in total. The quantitative estimate of drug-likeness (QED) is 0.0373. The fourth-order valence-corrected chi connectivity index (χ4v) is 7.74. The monoisotopic (exact) mass is 706 g/mol. The predicted molar refractivity (Wildman–Crippen MR) is 209 cm³/mol. The summed E-state index contributed by atoms with van der Waals surface area (Å²) >= 11 is 0. The van der Waals surface area contributed by atoms with Crippen molar-refractivity contribution in [2.45, 2.75) is 251 Å². The molecule has 0 heterocycles. The summed E-state index contributed by atoms with van der Waals surface area (Å²) in [5.41, 5.74) is 0. The molecule has 6 nitrogen and oxygen atoms in total. The van der Waals surface area contributed by atoms with E-state index in [2.05, 4.69) is 13.8 Å². The van der Waals surface area contributed by atoms with Crippen LogP contribution in [0, 0.1) is 5.92 Å². The molecule has 0 aliphatic rings. The number of quaternary nitrogens is 1. The third kappa shape index (κ3) is 40.2. The maximum absolute atomic E-state index is 11.3. The van der Waals surface area contributed by atoms with Crippen LogP contribution in [-0.2, 0) is 14.6 Å². The Morgan fingerprint density at radius 1 is 0.458 bits per heavy atom. The molecule has 0 aliphatic heterocycles. The van der Waals surface area contributed by atoms with Gasteiger partial charge in [0, 0.05) is 6.61 Å². The minimum absolute atomic E-state index is 0. The van der Waals surface area contributed by atoms with Gasteiger partial charge in [-0.2, -0.15) is 0 Å².